The minimum absolute atomic E-state index is 0.238. The lowest BCUT2D eigenvalue weighted by Gasteiger charge is -2.00. The number of nitrogens with zero attached hydrogens (tertiary/aromatic N) is 1. The highest BCUT2D eigenvalue weighted by molar-refractivity contribution is 7.99. The molecule has 15 heavy (non-hydrogen) atoms. The second-order valence-corrected chi connectivity index (χ2v) is 4.90. The molecule has 0 aliphatic carbocycles. The Balaban J connectivity index is 1.91. The van der Waals surface area contributed by atoms with Crippen molar-refractivity contribution in [2.45, 2.75) is 44.9 Å². The van der Waals surface area contributed by atoms with Gasteiger partial charge in [-0.15, -0.1) is 11.6 Å². The fraction of sp³-hybridized carbons (Fsp3) is 0.818. The molecule has 2 nitrogen and oxygen atoms in total. The topological polar surface area (TPSA) is 29.4 Å². The Bertz CT molecular complexity index is 231. The second kappa shape index (κ2) is 8.17. The molecule has 1 rings (SSSR count). The summed E-state index contributed by atoms with van der Waals surface area (Å²) >= 11 is 6.98. The number of ketones is 1. The van der Waals surface area contributed by atoms with Gasteiger partial charge in [0.15, 0.2) is 5.78 Å². The molecule has 0 aromatic rings. The molecule has 1 aliphatic rings. The van der Waals surface area contributed by atoms with E-state index in [1.54, 1.807) is 0 Å². The highest BCUT2D eigenvalue weighted by atomic mass is 35.5. The van der Waals surface area contributed by atoms with E-state index in [2.05, 4.69) is 4.40 Å². The molecule has 0 atom stereocenters. The fourth-order valence-corrected chi connectivity index (χ4v) is 2.47. The van der Waals surface area contributed by atoms with E-state index < -0.39 is 0 Å². The molecule has 1 aliphatic heterocycles. The standard InChI is InChI=1S/C11H18ClNOS/c12-8-6-4-2-1-3-5-7-10-11(14)9-15-13-10/h1-9H2. The number of halogens is 1. The molecular weight excluding hydrogens is 230 g/mol. The van der Waals surface area contributed by atoms with E-state index >= 15 is 0 Å². The highest BCUT2D eigenvalue weighted by Gasteiger charge is 2.16. The maximum Gasteiger partial charge on any atom is 0.189 e. The number of hydrogen-bond donors (Lipinski definition) is 0. The van der Waals surface area contributed by atoms with Crippen LogP contribution in [0.3, 0.4) is 0 Å². The van der Waals surface area contributed by atoms with Crippen LogP contribution >= 0.6 is 23.5 Å². The average molecular weight is 248 g/mol. The number of unbranched alkanes of at least 4 members (excludes halogenated alkanes) is 5. The van der Waals surface area contributed by atoms with Gasteiger partial charge in [0.1, 0.15) is 0 Å². The number of hydrogen-bond acceptors (Lipinski definition) is 3. The molecule has 0 spiro atoms. The summed E-state index contributed by atoms with van der Waals surface area (Å²) in [7, 11) is 0. The molecule has 0 saturated heterocycles. The van der Waals surface area contributed by atoms with Crippen LogP contribution in [0, 0.1) is 0 Å². The summed E-state index contributed by atoms with van der Waals surface area (Å²) in [5.41, 5.74) is 0.806. The van der Waals surface area contributed by atoms with Crippen LogP contribution in [0.1, 0.15) is 44.9 Å². The molecule has 0 bridgehead atoms. The number of alkyl halides is 1. The van der Waals surface area contributed by atoms with Gasteiger partial charge in [0.2, 0.25) is 0 Å². The molecule has 86 valence electrons. The van der Waals surface area contributed by atoms with Crippen molar-refractivity contribution >= 4 is 35.0 Å². The number of rotatable bonds is 8. The van der Waals surface area contributed by atoms with Crippen LogP contribution in [0.2, 0.25) is 0 Å². The molecule has 0 fully saturated rings. The number of Topliss-reactive ketones (excluding diaryl/α,β-unsaturated/α-hetero) is 1. The van der Waals surface area contributed by atoms with Gasteiger partial charge < -0.3 is 0 Å². The normalized spacial score (nSPS) is 15.8. The second-order valence-electron chi connectivity index (χ2n) is 3.79. The average Bonchev–Trinajstić information content (AvgIpc) is 2.63. The molecule has 0 amide bonds. The zero-order valence-corrected chi connectivity index (χ0v) is 10.6. The van der Waals surface area contributed by atoms with Gasteiger partial charge in [-0.1, -0.05) is 25.7 Å². The van der Waals surface area contributed by atoms with Gasteiger partial charge in [0, 0.05) is 5.88 Å². The zero-order chi connectivity index (χ0) is 10.9. The third-order valence-electron chi connectivity index (χ3n) is 2.49. The lowest BCUT2D eigenvalue weighted by molar-refractivity contribution is -0.110. The van der Waals surface area contributed by atoms with Crippen LogP contribution in [-0.2, 0) is 4.79 Å². The van der Waals surface area contributed by atoms with Crippen molar-refractivity contribution in [2.75, 3.05) is 11.6 Å². The molecular formula is C11H18ClNOS. The molecule has 4 heteroatoms. The van der Waals surface area contributed by atoms with Gasteiger partial charge in [-0.05, 0) is 31.2 Å². The van der Waals surface area contributed by atoms with Crippen molar-refractivity contribution in [3.8, 4) is 0 Å². The Morgan fingerprint density at radius 1 is 1.13 bits per heavy atom. The van der Waals surface area contributed by atoms with Crippen molar-refractivity contribution in [3.63, 3.8) is 0 Å². The highest BCUT2D eigenvalue weighted by Crippen LogP contribution is 2.16. The van der Waals surface area contributed by atoms with Crippen molar-refractivity contribution < 1.29 is 4.79 Å². The Kier molecular flexibility index (Phi) is 7.11. The first-order valence-corrected chi connectivity index (χ1v) is 7.10. The summed E-state index contributed by atoms with van der Waals surface area (Å²) in [6, 6.07) is 0. The summed E-state index contributed by atoms with van der Waals surface area (Å²) in [4.78, 5) is 11.2. The third kappa shape index (κ3) is 5.57. The lowest BCUT2D eigenvalue weighted by atomic mass is 10.1. The van der Waals surface area contributed by atoms with Crippen molar-refractivity contribution in [3.05, 3.63) is 0 Å². The summed E-state index contributed by atoms with van der Waals surface area (Å²) in [5.74, 6) is 1.58. The quantitative estimate of drug-likeness (QED) is 0.372. The summed E-state index contributed by atoms with van der Waals surface area (Å²) in [6.45, 7) is 0. The van der Waals surface area contributed by atoms with Crippen LogP contribution in [0.15, 0.2) is 4.40 Å². The minimum Gasteiger partial charge on any atom is -0.292 e. The summed E-state index contributed by atoms with van der Waals surface area (Å²) in [6.07, 6.45) is 8.07. The van der Waals surface area contributed by atoms with Gasteiger partial charge in [-0.3, -0.25) is 4.79 Å². The van der Waals surface area contributed by atoms with Gasteiger partial charge in [0.05, 0.1) is 11.5 Å². The lowest BCUT2D eigenvalue weighted by Crippen LogP contribution is -2.10. The predicted molar refractivity (Wildman–Crippen MR) is 67.9 cm³/mol. The Morgan fingerprint density at radius 2 is 1.80 bits per heavy atom. The van der Waals surface area contributed by atoms with Crippen LogP contribution in [0.4, 0.5) is 0 Å². The van der Waals surface area contributed by atoms with E-state index in [4.69, 9.17) is 11.6 Å². The Hall–Kier alpha value is -0.0200. The Labute approximate surface area is 101 Å². The molecule has 1 heterocycles. The van der Waals surface area contributed by atoms with E-state index in [0.717, 1.165) is 30.9 Å². The van der Waals surface area contributed by atoms with E-state index in [9.17, 15) is 4.79 Å². The van der Waals surface area contributed by atoms with Crippen molar-refractivity contribution in [1.82, 2.24) is 0 Å². The molecule has 0 aromatic carbocycles. The van der Waals surface area contributed by atoms with Crippen LogP contribution in [0.25, 0.3) is 0 Å². The monoisotopic (exact) mass is 247 g/mol. The van der Waals surface area contributed by atoms with Crippen LogP contribution in [0.5, 0.6) is 0 Å². The predicted octanol–water partition coefficient (Wildman–Crippen LogP) is 3.63. The smallest absolute Gasteiger partial charge is 0.189 e. The molecule has 0 aromatic heterocycles. The van der Waals surface area contributed by atoms with E-state index in [0.29, 0.717) is 5.75 Å². The number of carbonyl (C=O) groups excluding carboxylic acids is 1. The fourth-order valence-electron chi connectivity index (χ4n) is 1.58. The van der Waals surface area contributed by atoms with Gasteiger partial charge >= 0.3 is 0 Å². The van der Waals surface area contributed by atoms with Crippen molar-refractivity contribution in [1.29, 1.82) is 0 Å². The largest absolute Gasteiger partial charge is 0.292 e. The summed E-state index contributed by atoms with van der Waals surface area (Å²) < 4.78 is 4.13. The number of carbonyl (C=O) groups is 1. The van der Waals surface area contributed by atoms with Gasteiger partial charge in [0.25, 0.3) is 0 Å². The van der Waals surface area contributed by atoms with Crippen LogP contribution in [-0.4, -0.2) is 23.1 Å². The van der Waals surface area contributed by atoms with E-state index in [-0.39, 0.29) is 5.78 Å². The maximum absolute atomic E-state index is 11.2. The first-order valence-electron chi connectivity index (χ1n) is 5.62. The minimum atomic E-state index is 0.238. The van der Waals surface area contributed by atoms with Gasteiger partial charge in [-0.25, -0.2) is 4.40 Å². The van der Waals surface area contributed by atoms with Crippen LogP contribution < -0.4 is 0 Å². The first-order chi connectivity index (χ1) is 7.34. The maximum atomic E-state index is 11.2. The SMILES string of the molecule is O=C1CSN=C1CCCCCCCCCl. The Morgan fingerprint density at radius 3 is 2.40 bits per heavy atom. The van der Waals surface area contributed by atoms with Gasteiger partial charge in [-0.2, -0.15) is 0 Å². The first kappa shape index (κ1) is 13.0. The molecule has 0 radical (unpaired) electrons. The third-order valence-corrected chi connectivity index (χ3v) is 3.50. The van der Waals surface area contributed by atoms with E-state index in [1.807, 2.05) is 0 Å². The summed E-state index contributed by atoms with van der Waals surface area (Å²) in [5, 5.41) is 0. The molecule has 0 saturated carbocycles. The molecule has 0 N–H and O–H groups in total. The zero-order valence-electron chi connectivity index (χ0n) is 9.01. The molecule has 0 unspecified atom stereocenters. The van der Waals surface area contributed by atoms with E-state index in [1.165, 1.54) is 37.6 Å². The van der Waals surface area contributed by atoms with Crippen molar-refractivity contribution in [2.24, 2.45) is 4.40 Å².